The number of rotatable bonds is 4. The van der Waals surface area contributed by atoms with Crippen molar-refractivity contribution in [2.75, 3.05) is 18.6 Å². The van der Waals surface area contributed by atoms with Crippen LogP contribution in [0.2, 0.25) is 0 Å². The normalized spacial score (nSPS) is 30.4. The van der Waals surface area contributed by atoms with E-state index in [1.807, 2.05) is 26.2 Å². The summed E-state index contributed by atoms with van der Waals surface area (Å²) in [5.41, 5.74) is 5.21. The third-order valence-electron chi connectivity index (χ3n) is 11.8. The summed E-state index contributed by atoms with van der Waals surface area (Å²) in [4.78, 5) is 16.7. The van der Waals surface area contributed by atoms with E-state index in [0.29, 0.717) is 0 Å². The fourth-order valence-corrected chi connectivity index (χ4v) is 8.60. The van der Waals surface area contributed by atoms with E-state index >= 15 is 0 Å². The zero-order chi connectivity index (χ0) is 31.4. The van der Waals surface area contributed by atoms with Crippen molar-refractivity contribution in [3.63, 3.8) is 0 Å². The molecule has 0 radical (unpaired) electrons. The van der Waals surface area contributed by atoms with Gasteiger partial charge in [0, 0.05) is 35.8 Å². The molecule has 0 saturated heterocycles. The molecule has 1 amide bonds. The lowest BCUT2D eigenvalue weighted by Crippen LogP contribution is -2.51. The number of hydrogen-bond donors (Lipinski definition) is 1. The molecule has 2 aliphatic heterocycles. The highest BCUT2D eigenvalue weighted by Gasteiger charge is 2.50. The fourth-order valence-electron chi connectivity index (χ4n) is 8.60. The largest absolute Gasteiger partial charge is 0.509 e. The van der Waals surface area contributed by atoms with E-state index in [1.165, 1.54) is 17.4 Å². The van der Waals surface area contributed by atoms with Crippen molar-refractivity contribution >= 4 is 11.6 Å². The maximum Gasteiger partial charge on any atom is 0.230 e. The highest BCUT2D eigenvalue weighted by molar-refractivity contribution is 5.96. The topological polar surface area (TPSA) is 76.8 Å². The van der Waals surface area contributed by atoms with Gasteiger partial charge in [-0.2, -0.15) is 5.10 Å². The monoisotopic (exact) mass is 609 g/mol. The molecule has 7 heteroatoms. The number of carbonyl (C=O) groups excluding carboxylic acids is 1. The first kappa shape index (κ1) is 29.9. The molecule has 3 aromatic rings. The Labute approximate surface area is 267 Å². The lowest BCUT2D eigenvalue weighted by molar-refractivity contribution is -0.124. The lowest BCUT2D eigenvalue weighted by atomic mass is 9.51. The second-order valence-electron chi connectivity index (χ2n) is 14.8. The van der Waals surface area contributed by atoms with E-state index in [9.17, 15) is 9.90 Å². The Kier molecular flexibility index (Phi) is 7.49. The van der Waals surface area contributed by atoms with Gasteiger partial charge in [-0.3, -0.25) is 4.79 Å². The van der Waals surface area contributed by atoms with Gasteiger partial charge in [0.25, 0.3) is 0 Å². The van der Waals surface area contributed by atoms with E-state index in [0.717, 1.165) is 93.3 Å². The number of amides is 1. The average Bonchev–Trinajstić information content (AvgIpc) is 3.58. The first-order valence-corrected chi connectivity index (χ1v) is 16.8. The lowest BCUT2D eigenvalue weighted by Gasteiger charge is -2.55. The number of ether oxygens (including phenoxy) is 2. The van der Waals surface area contributed by atoms with Crippen LogP contribution in [0.25, 0.3) is 11.1 Å². The molecule has 1 aromatic heterocycles. The second kappa shape index (κ2) is 11.3. The maximum atomic E-state index is 14.5. The van der Waals surface area contributed by atoms with E-state index in [2.05, 4.69) is 59.4 Å². The van der Waals surface area contributed by atoms with Crippen LogP contribution in [0.3, 0.4) is 0 Å². The van der Waals surface area contributed by atoms with Gasteiger partial charge in [0.1, 0.15) is 17.8 Å². The fraction of sp³-hybridized carbons (Fsp3) is 0.526. The SMILES string of the molecule is COc1ccc(C23CCC(CN4C(=O)C5CCC(CC5)/C(O)=C/OC(C)(C)n5cc(cn5)-c5cccc4c5)(CC2)CC3)cc1C. The number of anilines is 1. The Bertz CT molecular complexity index is 1590. The number of methoxy groups -OCH3 is 1. The molecule has 238 valence electrons. The molecule has 0 unspecified atom stereocenters. The van der Waals surface area contributed by atoms with Gasteiger partial charge in [0.05, 0.1) is 13.3 Å². The molecule has 4 saturated carbocycles. The molecule has 45 heavy (non-hydrogen) atoms. The third kappa shape index (κ3) is 5.42. The zero-order valence-corrected chi connectivity index (χ0v) is 27.2. The number of hydrogen-bond acceptors (Lipinski definition) is 5. The van der Waals surface area contributed by atoms with Crippen LogP contribution in [0.5, 0.6) is 5.75 Å². The van der Waals surface area contributed by atoms with Crippen molar-refractivity contribution < 1.29 is 19.4 Å². The molecule has 1 N–H and O–H groups in total. The zero-order valence-electron chi connectivity index (χ0n) is 27.2. The number of fused-ring (bicyclic) bond motifs is 8. The summed E-state index contributed by atoms with van der Waals surface area (Å²) in [6, 6.07) is 15.2. The van der Waals surface area contributed by atoms with Crippen molar-refractivity contribution in [1.29, 1.82) is 0 Å². The molecular weight excluding hydrogens is 562 g/mol. The molecule has 0 spiro atoms. The standard InChI is InChI=1S/C38H47N3O4/c1-26-20-31(12-13-34(26)44-4)38-17-14-37(15-18-38,16-19-38)25-40-32-7-5-6-29(21-32)30-22-39-41(23-30)36(2,3)45-24-33(42)27-8-10-28(11-9-27)35(40)43/h5-7,12-13,20-24,27-28,42H,8-11,14-19,25H2,1-4H3/b33-24-. The van der Waals surface area contributed by atoms with Crippen LogP contribution in [0.4, 0.5) is 5.69 Å². The van der Waals surface area contributed by atoms with Gasteiger partial charge >= 0.3 is 0 Å². The molecule has 0 atom stereocenters. The predicted octanol–water partition coefficient (Wildman–Crippen LogP) is 8.42. The highest BCUT2D eigenvalue weighted by atomic mass is 16.5. The minimum absolute atomic E-state index is 0.00714. The smallest absolute Gasteiger partial charge is 0.230 e. The van der Waals surface area contributed by atoms with E-state index in [4.69, 9.17) is 9.47 Å². The summed E-state index contributed by atoms with van der Waals surface area (Å²) in [6.07, 6.45) is 15.3. The number of allylic oxidation sites excluding steroid dienone is 1. The maximum absolute atomic E-state index is 14.5. The van der Waals surface area contributed by atoms with Crippen LogP contribution < -0.4 is 9.64 Å². The Morgan fingerprint density at radius 3 is 2.36 bits per heavy atom. The molecule has 6 aliphatic rings. The van der Waals surface area contributed by atoms with Crippen molar-refractivity contribution in [3.05, 3.63) is 78.0 Å². The van der Waals surface area contributed by atoms with Crippen LogP contribution >= 0.6 is 0 Å². The quantitative estimate of drug-likeness (QED) is 0.321. The summed E-state index contributed by atoms with van der Waals surface area (Å²) in [7, 11) is 1.74. The first-order chi connectivity index (χ1) is 21.6. The molecule has 4 fully saturated rings. The van der Waals surface area contributed by atoms with Gasteiger partial charge in [-0.1, -0.05) is 24.3 Å². The summed E-state index contributed by atoms with van der Waals surface area (Å²) in [5, 5.41) is 15.5. The van der Waals surface area contributed by atoms with Crippen LogP contribution in [0.15, 0.2) is 66.9 Å². The van der Waals surface area contributed by atoms with Crippen molar-refractivity contribution in [2.24, 2.45) is 17.3 Å². The van der Waals surface area contributed by atoms with Crippen molar-refractivity contribution in [1.82, 2.24) is 9.78 Å². The van der Waals surface area contributed by atoms with Crippen LogP contribution in [-0.2, 0) is 20.7 Å². The number of nitrogens with zero attached hydrogens (tertiary/aromatic N) is 3. The summed E-state index contributed by atoms with van der Waals surface area (Å²) in [5.74, 6) is 1.41. The Balaban J connectivity index is 1.20. The van der Waals surface area contributed by atoms with Crippen molar-refractivity contribution in [3.8, 4) is 16.9 Å². The molecule has 2 aromatic carbocycles. The van der Waals surface area contributed by atoms with Gasteiger partial charge in [-0.25, -0.2) is 4.68 Å². The van der Waals surface area contributed by atoms with E-state index in [1.54, 1.807) is 11.8 Å². The number of benzene rings is 2. The Morgan fingerprint density at radius 2 is 1.67 bits per heavy atom. The summed E-state index contributed by atoms with van der Waals surface area (Å²) >= 11 is 0. The molecule has 3 heterocycles. The van der Waals surface area contributed by atoms with E-state index in [-0.39, 0.29) is 34.3 Å². The van der Waals surface area contributed by atoms with Crippen molar-refractivity contribution in [2.45, 2.75) is 96.1 Å². The number of aryl methyl sites for hydroxylation is 1. The molecule has 9 rings (SSSR count). The van der Waals surface area contributed by atoms with Crippen LogP contribution in [0.1, 0.15) is 89.2 Å². The summed E-state index contributed by atoms with van der Waals surface area (Å²) < 4.78 is 13.4. The molecule has 8 bridgehead atoms. The van der Waals surface area contributed by atoms with E-state index < -0.39 is 5.72 Å². The third-order valence-corrected chi connectivity index (χ3v) is 11.8. The Hall–Kier alpha value is -3.74. The average molecular weight is 610 g/mol. The number of aliphatic hydroxyl groups is 1. The second-order valence-corrected chi connectivity index (χ2v) is 14.8. The molecular formula is C38H47N3O4. The van der Waals surface area contributed by atoms with Crippen LogP contribution in [0, 0.1) is 24.2 Å². The minimum Gasteiger partial charge on any atom is -0.509 e. The molecule has 4 aliphatic carbocycles. The number of carbonyl (C=O) groups is 1. The Morgan fingerprint density at radius 1 is 0.956 bits per heavy atom. The number of aromatic nitrogens is 2. The number of aliphatic hydroxyl groups excluding tert-OH is 1. The van der Waals surface area contributed by atoms with Crippen LogP contribution in [-0.4, -0.2) is 34.4 Å². The molecule has 7 nitrogen and oxygen atoms in total. The first-order valence-electron chi connectivity index (χ1n) is 16.8. The summed E-state index contributed by atoms with van der Waals surface area (Å²) in [6.45, 7) is 6.80. The van der Waals surface area contributed by atoms with Gasteiger partial charge in [0.2, 0.25) is 5.91 Å². The van der Waals surface area contributed by atoms with Gasteiger partial charge in [0.15, 0.2) is 5.72 Å². The van der Waals surface area contributed by atoms with Gasteiger partial charge in [-0.15, -0.1) is 0 Å². The minimum atomic E-state index is -0.763. The van der Waals surface area contributed by atoms with Gasteiger partial charge < -0.3 is 19.5 Å². The predicted molar refractivity (Wildman–Crippen MR) is 176 cm³/mol. The highest BCUT2D eigenvalue weighted by Crippen LogP contribution is 2.58. The van der Waals surface area contributed by atoms with Gasteiger partial charge in [-0.05, 0) is 131 Å².